The van der Waals surface area contributed by atoms with Gasteiger partial charge in [-0.25, -0.2) is 4.79 Å². The van der Waals surface area contributed by atoms with Crippen molar-refractivity contribution in [2.24, 2.45) is 5.92 Å². The van der Waals surface area contributed by atoms with E-state index in [1.165, 1.54) is 7.11 Å². The second-order valence-electron chi connectivity index (χ2n) is 7.50. The fraction of sp³-hybridized carbons (Fsp3) is 0.429. The number of rotatable bonds is 5. The first-order chi connectivity index (χ1) is 13.8. The molecule has 2 N–H and O–H groups in total. The van der Waals surface area contributed by atoms with Crippen LogP contribution in [0.15, 0.2) is 34.8 Å². The van der Waals surface area contributed by atoms with E-state index in [4.69, 9.17) is 11.6 Å². The van der Waals surface area contributed by atoms with Crippen LogP contribution in [-0.4, -0.2) is 41.6 Å². The van der Waals surface area contributed by atoms with Crippen molar-refractivity contribution in [2.45, 2.75) is 38.8 Å². The summed E-state index contributed by atoms with van der Waals surface area (Å²) in [6.07, 6.45) is 1.13. The molecule has 1 saturated heterocycles. The lowest BCUT2D eigenvalue weighted by Gasteiger charge is -2.30. The molecule has 1 aromatic carbocycles. The van der Waals surface area contributed by atoms with Crippen LogP contribution in [0.25, 0.3) is 11.3 Å². The van der Waals surface area contributed by atoms with Crippen LogP contribution in [0.4, 0.5) is 4.79 Å². The van der Waals surface area contributed by atoms with Crippen molar-refractivity contribution in [3.8, 4) is 11.3 Å². The van der Waals surface area contributed by atoms with E-state index in [0.717, 1.165) is 34.3 Å². The molecule has 2 aromatic rings. The van der Waals surface area contributed by atoms with Gasteiger partial charge in [-0.1, -0.05) is 53.5 Å². The number of benzene rings is 1. The fourth-order valence-electron chi connectivity index (χ4n) is 3.69. The van der Waals surface area contributed by atoms with Crippen LogP contribution < -0.4 is 5.32 Å². The molecule has 0 spiro atoms. The number of likely N-dealkylation sites (tertiary alicyclic amines) is 1. The van der Waals surface area contributed by atoms with E-state index < -0.39 is 12.1 Å². The number of alkyl carbamates (subject to hydrolysis) is 1. The summed E-state index contributed by atoms with van der Waals surface area (Å²) in [5.74, 6) is -0.169. The quantitative estimate of drug-likeness (QED) is 0.619. The summed E-state index contributed by atoms with van der Waals surface area (Å²) in [5.41, 5.74) is 2.72. The molecule has 156 valence electrons. The van der Waals surface area contributed by atoms with Crippen molar-refractivity contribution in [1.29, 1.82) is 0 Å². The summed E-state index contributed by atoms with van der Waals surface area (Å²) >= 11 is 9.95. The van der Waals surface area contributed by atoms with Gasteiger partial charge < -0.3 is 19.9 Å². The number of H-pyrrole nitrogens is 1. The van der Waals surface area contributed by atoms with Crippen molar-refractivity contribution >= 4 is 39.5 Å². The number of carbonyl (C=O) groups is 2. The number of aromatic nitrogens is 1. The number of aromatic amines is 1. The molecule has 8 heteroatoms. The van der Waals surface area contributed by atoms with Gasteiger partial charge in [0.1, 0.15) is 6.04 Å². The maximum absolute atomic E-state index is 13.2. The highest BCUT2D eigenvalue weighted by atomic mass is 79.9. The third kappa shape index (κ3) is 4.78. The fourth-order valence-corrected chi connectivity index (χ4v) is 4.23. The number of amides is 2. The minimum atomic E-state index is -0.639. The number of carbonyl (C=O) groups excluding carboxylic acids is 2. The van der Waals surface area contributed by atoms with Crippen LogP contribution >= 0.6 is 27.5 Å². The van der Waals surface area contributed by atoms with E-state index in [0.29, 0.717) is 11.6 Å². The molecule has 2 heterocycles. The van der Waals surface area contributed by atoms with Gasteiger partial charge in [0.2, 0.25) is 5.91 Å². The summed E-state index contributed by atoms with van der Waals surface area (Å²) in [7, 11) is 1.29. The van der Waals surface area contributed by atoms with Crippen LogP contribution in [0.2, 0.25) is 5.02 Å². The summed E-state index contributed by atoms with van der Waals surface area (Å²) in [6.45, 7) is 4.45. The van der Waals surface area contributed by atoms with Crippen molar-refractivity contribution in [1.82, 2.24) is 15.2 Å². The third-order valence-corrected chi connectivity index (χ3v) is 6.04. The van der Waals surface area contributed by atoms with E-state index in [2.05, 4.69) is 31.0 Å². The molecule has 1 aliphatic heterocycles. The van der Waals surface area contributed by atoms with Crippen LogP contribution in [0.3, 0.4) is 0 Å². The summed E-state index contributed by atoms with van der Waals surface area (Å²) < 4.78 is 5.68. The van der Waals surface area contributed by atoms with Gasteiger partial charge in [0.15, 0.2) is 0 Å². The summed E-state index contributed by atoms with van der Waals surface area (Å²) in [5, 5.41) is 3.29. The highest BCUT2D eigenvalue weighted by molar-refractivity contribution is 9.10. The normalized spacial score (nSPS) is 17.4. The van der Waals surface area contributed by atoms with Crippen LogP contribution in [0, 0.1) is 5.92 Å². The zero-order chi connectivity index (χ0) is 21.1. The van der Waals surface area contributed by atoms with Gasteiger partial charge in [-0.15, -0.1) is 0 Å². The lowest BCUT2D eigenvalue weighted by atomic mass is 10.0. The summed E-state index contributed by atoms with van der Waals surface area (Å²) in [4.78, 5) is 30.2. The molecule has 1 aliphatic rings. The van der Waals surface area contributed by atoms with Crippen molar-refractivity contribution in [3.05, 3.63) is 45.5 Å². The zero-order valence-electron chi connectivity index (χ0n) is 16.7. The minimum Gasteiger partial charge on any atom is -0.453 e. The van der Waals surface area contributed by atoms with Crippen LogP contribution in [0.1, 0.15) is 38.4 Å². The number of halogens is 2. The minimum absolute atomic E-state index is 0.0617. The molecule has 0 aliphatic carbocycles. The highest BCUT2D eigenvalue weighted by Gasteiger charge is 2.37. The number of hydrogen-bond donors (Lipinski definition) is 2. The molecule has 2 atom stereocenters. The van der Waals surface area contributed by atoms with Gasteiger partial charge in [0, 0.05) is 16.7 Å². The molecule has 29 heavy (non-hydrogen) atoms. The maximum Gasteiger partial charge on any atom is 0.407 e. The Morgan fingerprint density at radius 2 is 2.00 bits per heavy atom. The molecule has 0 bridgehead atoms. The third-order valence-electron chi connectivity index (χ3n) is 5.21. The number of methoxy groups -OCH3 is 1. The van der Waals surface area contributed by atoms with Crippen LogP contribution in [0.5, 0.6) is 0 Å². The maximum atomic E-state index is 13.2. The van der Waals surface area contributed by atoms with E-state index in [-0.39, 0.29) is 17.9 Å². The molecule has 1 unspecified atom stereocenters. The smallest absolute Gasteiger partial charge is 0.407 e. The molecular formula is C21H25BrClN3O3. The Labute approximate surface area is 184 Å². The van der Waals surface area contributed by atoms with E-state index in [9.17, 15) is 9.59 Å². The number of hydrogen-bond acceptors (Lipinski definition) is 3. The SMILES string of the molecule is COC(=O)N[C@H](C(=O)N1CCCC1c1cc(Cl)c(-c2ccc(Br)cc2)[nH]1)C(C)C. The Morgan fingerprint density at radius 3 is 2.62 bits per heavy atom. The first-order valence-electron chi connectivity index (χ1n) is 9.61. The largest absolute Gasteiger partial charge is 0.453 e. The number of nitrogens with zero attached hydrogens (tertiary/aromatic N) is 1. The zero-order valence-corrected chi connectivity index (χ0v) is 19.0. The van der Waals surface area contributed by atoms with Crippen LogP contribution in [-0.2, 0) is 9.53 Å². The van der Waals surface area contributed by atoms with E-state index >= 15 is 0 Å². The Balaban J connectivity index is 1.85. The highest BCUT2D eigenvalue weighted by Crippen LogP contribution is 2.37. The predicted molar refractivity (Wildman–Crippen MR) is 117 cm³/mol. The molecule has 1 aromatic heterocycles. The van der Waals surface area contributed by atoms with Gasteiger partial charge in [-0.05, 0) is 42.5 Å². The second-order valence-corrected chi connectivity index (χ2v) is 8.82. The van der Waals surface area contributed by atoms with Gasteiger partial charge in [-0.2, -0.15) is 0 Å². The molecule has 0 radical (unpaired) electrons. The first kappa shape index (κ1) is 21.7. The number of ether oxygens (including phenoxy) is 1. The van der Waals surface area contributed by atoms with Gasteiger partial charge in [-0.3, -0.25) is 4.79 Å². The molecule has 1 fully saturated rings. The predicted octanol–water partition coefficient (Wildman–Crippen LogP) is 5.14. The lowest BCUT2D eigenvalue weighted by molar-refractivity contribution is -0.135. The van der Waals surface area contributed by atoms with Crippen molar-refractivity contribution in [2.75, 3.05) is 13.7 Å². The standard InChI is InChI=1S/C21H25BrClN3O3/c1-12(2)18(25-21(28)29-3)20(27)26-10-4-5-17(26)16-11-15(23)19(24-16)13-6-8-14(22)9-7-13/h6-9,11-12,17-18,24H,4-5,10H2,1-3H3,(H,25,28)/t17?,18-/m0/s1. The molecular weight excluding hydrogens is 458 g/mol. The number of nitrogens with one attached hydrogen (secondary N) is 2. The van der Waals surface area contributed by atoms with E-state index in [1.54, 1.807) is 0 Å². The molecule has 6 nitrogen and oxygen atoms in total. The lowest BCUT2D eigenvalue weighted by Crippen LogP contribution is -2.51. The monoisotopic (exact) mass is 481 g/mol. The van der Waals surface area contributed by atoms with E-state index in [1.807, 2.05) is 49.1 Å². The van der Waals surface area contributed by atoms with Gasteiger partial charge in [0.05, 0.1) is 23.9 Å². The average molecular weight is 483 g/mol. The average Bonchev–Trinajstić information content (AvgIpc) is 3.32. The Morgan fingerprint density at radius 1 is 1.31 bits per heavy atom. The first-order valence-corrected chi connectivity index (χ1v) is 10.8. The topological polar surface area (TPSA) is 74.4 Å². The molecule has 0 saturated carbocycles. The Kier molecular flexibility index (Phi) is 6.90. The Hall–Kier alpha value is -1.99. The Bertz CT molecular complexity index is 882. The summed E-state index contributed by atoms with van der Waals surface area (Å²) in [6, 6.07) is 9.04. The van der Waals surface area contributed by atoms with Gasteiger partial charge >= 0.3 is 6.09 Å². The second kappa shape index (κ2) is 9.22. The molecule has 2 amide bonds. The van der Waals surface area contributed by atoms with Crippen molar-refractivity contribution in [3.63, 3.8) is 0 Å². The van der Waals surface area contributed by atoms with Gasteiger partial charge in [0.25, 0.3) is 0 Å². The van der Waals surface area contributed by atoms with Crippen molar-refractivity contribution < 1.29 is 14.3 Å². The molecule has 3 rings (SSSR count).